The molecule has 1 aromatic carbocycles. The lowest BCUT2D eigenvalue weighted by molar-refractivity contribution is 0.0697. The second-order valence-electron chi connectivity index (χ2n) is 9.28. The van der Waals surface area contributed by atoms with Crippen LogP contribution in [0.2, 0.25) is 0 Å². The molecule has 192 valence electrons. The summed E-state index contributed by atoms with van der Waals surface area (Å²) in [4.78, 5) is 28.2. The molecule has 0 radical (unpaired) electrons. The standard InChI is InChI=1S/C25H32N6O5/c1-34-12-11-30-25(33)31(17-6-7-17)23(28-30)16-5-4-10-29(15-16)24(32)21-14-20(26-27-21)19-13-18(35-2)8-9-22(19)36-3/h8-9,13-14,16-17H,4-7,10-12,15H2,1-3H3,(H,26,27). The van der Waals surface area contributed by atoms with Gasteiger partial charge in [0.1, 0.15) is 23.0 Å². The summed E-state index contributed by atoms with van der Waals surface area (Å²) in [6.45, 7) is 1.99. The third kappa shape index (κ3) is 4.62. The number of carbonyl (C=O) groups excluding carboxylic acids is 1. The van der Waals surface area contributed by atoms with E-state index < -0.39 is 0 Å². The van der Waals surface area contributed by atoms with E-state index in [1.807, 2.05) is 27.7 Å². The molecular weight excluding hydrogens is 464 g/mol. The molecule has 1 atom stereocenters. The lowest BCUT2D eigenvalue weighted by atomic mass is 9.96. The molecule has 3 heterocycles. The number of benzene rings is 1. The zero-order chi connectivity index (χ0) is 25.2. The maximum Gasteiger partial charge on any atom is 0.346 e. The molecule has 11 nitrogen and oxygen atoms in total. The number of aromatic nitrogens is 5. The number of nitrogens with zero attached hydrogens (tertiary/aromatic N) is 5. The summed E-state index contributed by atoms with van der Waals surface area (Å²) >= 11 is 0. The third-order valence-electron chi connectivity index (χ3n) is 6.88. The van der Waals surface area contributed by atoms with Crippen LogP contribution in [0, 0.1) is 0 Å². The van der Waals surface area contributed by atoms with Crippen LogP contribution < -0.4 is 15.2 Å². The Morgan fingerprint density at radius 2 is 1.97 bits per heavy atom. The highest BCUT2D eigenvalue weighted by Crippen LogP contribution is 2.37. The molecule has 1 aliphatic heterocycles. The second-order valence-corrected chi connectivity index (χ2v) is 9.28. The highest BCUT2D eigenvalue weighted by Gasteiger charge is 2.35. The van der Waals surface area contributed by atoms with E-state index in [4.69, 9.17) is 14.2 Å². The number of aromatic amines is 1. The van der Waals surface area contributed by atoms with Crippen LogP contribution in [0.25, 0.3) is 11.3 Å². The van der Waals surface area contributed by atoms with Crippen LogP contribution in [0.15, 0.2) is 29.1 Å². The van der Waals surface area contributed by atoms with E-state index in [9.17, 15) is 9.59 Å². The van der Waals surface area contributed by atoms with Gasteiger partial charge in [0.05, 0.1) is 33.1 Å². The minimum absolute atomic E-state index is 0.000616. The normalized spacial score (nSPS) is 17.9. The predicted octanol–water partition coefficient (Wildman–Crippen LogP) is 2.45. The molecule has 36 heavy (non-hydrogen) atoms. The largest absolute Gasteiger partial charge is 0.497 e. The third-order valence-corrected chi connectivity index (χ3v) is 6.88. The van der Waals surface area contributed by atoms with Crippen LogP contribution in [0.5, 0.6) is 11.5 Å². The van der Waals surface area contributed by atoms with Gasteiger partial charge in [-0.25, -0.2) is 9.48 Å². The second kappa shape index (κ2) is 10.2. The van der Waals surface area contributed by atoms with Gasteiger partial charge in [0, 0.05) is 37.7 Å². The number of hydrogen-bond donors (Lipinski definition) is 1. The molecule has 2 aromatic heterocycles. The van der Waals surface area contributed by atoms with Crippen LogP contribution in [0.4, 0.5) is 0 Å². The van der Waals surface area contributed by atoms with E-state index in [2.05, 4.69) is 15.3 Å². The molecule has 1 saturated carbocycles. The first-order valence-corrected chi connectivity index (χ1v) is 12.3. The summed E-state index contributed by atoms with van der Waals surface area (Å²) in [6, 6.07) is 7.40. The predicted molar refractivity (Wildman–Crippen MR) is 132 cm³/mol. The number of carbonyl (C=O) groups is 1. The highest BCUT2D eigenvalue weighted by atomic mass is 16.5. The van der Waals surface area contributed by atoms with Crippen molar-refractivity contribution in [3.8, 4) is 22.8 Å². The number of ether oxygens (including phenoxy) is 3. The molecule has 1 N–H and O–H groups in total. The Bertz CT molecular complexity index is 1290. The molecule has 1 unspecified atom stereocenters. The van der Waals surface area contributed by atoms with Crippen molar-refractivity contribution in [1.29, 1.82) is 0 Å². The highest BCUT2D eigenvalue weighted by molar-refractivity contribution is 5.93. The van der Waals surface area contributed by atoms with E-state index in [1.54, 1.807) is 27.4 Å². The average molecular weight is 497 g/mol. The van der Waals surface area contributed by atoms with Gasteiger partial charge in [-0.3, -0.25) is 14.5 Å². The number of likely N-dealkylation sites (tertiary alicyclic amines) is 1. The Morgan fingerprint density at radius 3 is 2.69 bits per heavy atom. The summed E-state index contributed by atoms with van der Waals surface area (Å²) in [5.74, 6) is 1.97. The van der Waals surface area contributed by atoms with Crippen molar-refractivity contribution in [2.24, 2.45) is 0 Å². The molecule has 0 bridgehead atoms. The monoisotopic (exact) mass is 496 g/mol. The number of hydrogen-bond acceptors (Lipinski definition) is 7. The van der Waals surface area contributed by atoms with Gasteiger partial charge in [0.2, 0.25) is 0 Å². The maximum absolute atomic E-state index is 13.4. The molecule has 0 spiro atoms. The molecule has 2 aliphatic rings. The minimum Gasteiger partial charge on any atom is -0.497 e. The van der Waals surface area contributed by atoms with E-state index in [0.29, 0.717) is 49.1 Å². The van der Waals surface area contributed by atoms with E-state index in [-0.39, 0.29) is 23.6 Å². The van der Waals surface area contributed by atoms with E-state index >= 15 is 0 Å². The first-order valence-electron chi connectivity index (χ1n) is 12.3. The number of nitrogens with one attached hydrogen (secondary N) is 1. The van der Waals surface area contributed by atoms with Gasteiger partial charge in [0.15, 0.2) is 0 Å². The molecule has 5 rings (SSSR count). The van der Waals surface area contributed by atoms with Gasteiger partial charge < -0.3 is 19.1 Å². The minimum atomic E-state index is -0.126. The average Bonchev–Trinajstić information content (AvgIpc) is 3.53. The van der Waals surface area contributed by atoms with Crippen molar-refractivity contribution in [3.05, 3.63) is 46.3 Å². The van der Waals surface area contributed by atoms with E-state index in [0.717, 1.165) is 37.1 Å². The number of piperidine rings is 1. The zero-order valence-electron chi connectivity index (χ0n) is 20.9. The van der Waals surface area contributed by atoms with Crippen molar-refractivity contribution in [1.82, 2.24) is 29.4 Å². The summed E-state index contributed by atoms with van der Waals surface area (Å²) in [5.41, 5.74) is 1.65. The summed E-state index contributed by atoms with van der Waals surface area (Å²) in [6.07, 6.45) is 3.70. The smallest absolute Gasteiger partial charge is 0.346 e. The van der Waals surface area contributed by atoms with Gasteiger partial charge in [-0.15, -0.1) is 0 Å². The molecule has 3 aromatic rings. The Kier molecular flexibility index (Phi) is 6.82. The van der Waals surface area contributed by atoms with Crippen molar-refractivity contribution < 1.29 is 19.0 Å². The molecule has 1 amide bonds. The lowest BCUT2D eigenvalue weighted by Gasteiger charge is -2.32. The van der Waals surface area contributed by atoms with Crippen molar-refractivity contribution in [2.75, 3.05) is 41.0 Å². The van der Waals surface area contributed by atoms with Crippen LogP contribution in [0.3, 0.4) is 0 Å². The summed E-state index contributed by atoms with van der Waals surface area (Å²) < 4.78 is 19.3. The Hall–Kier alpha value is -3.60. The fourth-order valence-electron chi connectivity index (χ4n) is 4.84. The molecule has 1 aliphatic carbocycles. The first kappa shape index (κ1) is 24.1. The Morgan fingerprint density at radius 1 is 1.14 bits per heavy atom. The quantitative estimate of drug-likeness (QED) is 0.484. The van der Waals surface area contributed by atoms with Gasteiger partial charge in [-0.05, 0) is 49.9 Å². The van der Waals surface area contributed by atoms with E-state index in [1.165, 1.54) is 4.68 Å². The molecular formula is C25H32N6O5. The first-order chi connectivity index (χ1) is 17.5. The summed E-state index contributed by atoms with van der Waals surface area (Å²) in [5, 5.41) is 11.9. The maximum atomic E-state index is 13.4. The number of H-pyrrole nitrogens is 1. The number of rotatable bonds is 9. The number of amides is 1. The topological polar surface area (TPSA) is 116 Å². The van der Waals surface area contributed by atoms with Crippen LogP contribution >= 0.6 is 0 Å². The Balaban J connectivity index is 1.37. The SMILES string of the molecule is COCCn1nc(C2CCCN(C(=O)c3cc(-c4cc(OC)ccc4OC)n[nH]3)C2)n(C2CC2)c1=O. The van der Waals surface area contributed by atoms with Crippen LogP contribution in [-0.2, 0) is 11.3 Å². The number of methoxy groups -OCH3 is 3. The van der Waals surface area contributed by atoms with Gasteiger partial charge in [-0.1, -0.05) is 0 Å². The van der Waals surface area contributed by atoms with Gasteiger partial charge in [0.25, 0.3) is 5.91 Å². The van der Waals surface area contributed by atoms with Crippen molar-refractivity contribution in [3.63, 3.8) is 0 Å². The Labute approximate surface area is 209 Å². The summed E-state index contributed by atoms with van der Waals surface area (Å²) in [7, 11) is 4.80. The van der Waals surface area contributed by atoms with Crippen molar-refractivity contribution in [2.45, 2.75) is 44.2 Å². The van der Waals surface area contributed by atoms with Gasteiger partial charge >= 0.3 is 5.69 Å². The fourth-order valence-corrected chi connectivity index (χ4v) is 4.84. The fraction of sp³-hybridized carbons (Fsp3) is 0.520. The van der Waals surface area contributed by atoms with Crippen LogP contribution in [0.1, 0.15) is 54.0 Å². The molecule has 11 heteroatoms. The van der Waals surface area contributed by atoms with Gasteiger partial charge in [-0.2, -0.15) is 10.2 Å². The lowest BCUT2D eigenvalue weighted by Crippen LogP contribution is -2.40. The zero-order valence-corrected chi connectivity index (χ0v) is 20.9. The molecule has 2 fully saturated rings. The van der Waals surface area contributed by atoms with Crippen molar-refractivity contribution >= 4 is 5.91 Å². The molecule has 1 saturated heterocycles. The van der Waals surface area contributed by atoms with Crippen LogP contribution in [-0.4, -0.2) is 76.4 Å².